The molecule has 0 aliphatic carbocycles. The molecule has 16 heteroatoms. The van der Waals surface area contributed by atoms with Gasteiger partial charge in [0.2, 0.25) is 0 Å². The van der Waals surface area contributed by atoms with E-state index < -0.39 is 27.7 Å². The number of hydrogen-bond acceptors (Lipinski definition) is 10. The highest BCUT2D eigenvalue weighted by atomic mass is 32.2. The van der Waals surface area contributed by atoms with Crippen molar-refractivity contribution >= 4 is 28.0 Å². The quantitative estimate of drug-likeness (QED) is 0.322. The highest BCUT2D eigenvalue weighted by Gasteiger charge is 2.48. The van der Waals surface area contributed by atoms with Crippen LogP contribution in [0.15, 0.2) is 30.7 Å². The van der Waals surface area contributed by atoms with Gasteiger partial charge in [0.25, 0.3) is 16.1 Å². The Labute approximate surface area is 326 Å². The predicted molar refractivity (Wildman–Crippen MR) is 208 cm³/mol. The molecule has 1 aromatic heterocycles. The first-order valence-electron chi connectivity index (χ1n) is 19.7. The van der Waals surface area contributed by atoms with Gasteiger partial charge in [-0.2, -0.15) is 17.0 Å². The summed E-state index contributed by atoms with van der Waals surface area (Å²) in [4.78, 5) is 43.0. The number of rotatable bonds is 10. The minimum Gasteiger partial charge on any atom is -0.451 e. The van der Waals surface area contributed by atoms with Crippen LogP contribution in [0.2, 0.25) is 0 Å². The van der Waals surface area contributed by atoms with Crippen molar-refractivity contribution in [2.24, 2.45) is 11.3 Å². The number of aromatic nitrogens is 2. The molecule has 0 saturated carbocycles. The summed E-state index contributed by atoms with van der Waals surface area (Å²) in [7, 11) is -3.65. The zero-order valence-corrected chi connectivity index (χ0v) is 34.5. The molecule has 0 unspecified atom stereocenters. The van der Waals surface area contributed by atoms with Gasteiger partial charge in [-0.1, -0.05) is 0 Å². The van der Waals surface area contributed by atoms with Crippen molar-refractivity contribution in [3.05, 3.63) is 42.1 Å². The van der Waals surface area contributed by atoms with Crippen LogP contribution in [0.4, 0.5) is 15.0 Å². The molecule has 55 heavy (non-hydrogen) atoms. The highest BCUT2D eigenvalue weighted by molar-refractivity contribution is 7.86. The normalized spacial score (nSPS) is 22.7. The number of carbonyl (C=O) groups is 2. The van der Waals surface area contributed by atoms with Crippen molar-refractivity contribution in [2.45, 2.75) is 98.4 Å². The van der Waals surface area contributed by atoms with E-state index in [-0.39, 0.29) is 47.3 Å². The molecule has 14 nitrogen and oxygen atoms in total. The maximum atomic E-state index is 14.4. The molecule has 4 saturated heterocycles. The van der Waals surface area contributed by atoms with Crippen molar-refractivity contribution in [1.82, 2.24) is 33.3 Å². The molecular formula is C39H59FN8O6S. The number of nitrogens with zero attached hydrogens (tertiary/aromatic N) is 8. The molecule has 5 heterocycles. The van der Waals surface area contributed by atoms with E-state index in [4.69, 9.17) is 9.47 Å². The maximum absolute atomic E-state index is 14.4. The molecule has 0 N–H and O–H groups in total. The third-order valence-corrected chi connectivity index (χ3v) is 13.4. The van der Waals surface area contributed by atoms with E-state index in [1.165, 1.54) is 24.5 Å². The van der Waals surface area contributed by atoms with Gasteiger partial charge in [-0.15, -0.1) is 0 Å². The molecule has 2 atom stereocenters. The number of halogens is 1. The molecular weight excluding hydrogens is 728 g/mol. The standard InChI is InChI=1S/C39H59FN8O6S/c1-27(2)48(28(3)4)36(49)32-19-31(40)9-10-33(32)53-34-20-41-26-42-35(34)44-14-11-30(23-44)22-43-24-39(25-43)12-15-46(16-13-39)55(51,52)47-18-17-45(21-29(47)5)37(50)54-38(6,7)8/h9-10,19-20,26-30H,11-18,21-25H2,1-8H3/t29-,30-/m0/s1. The minimum atomic E-state index is -3.65. The van der Waals surface area contributed by atoms with Crippen LogP contribution in [-0.4, -0.2) is 143 Å². The van der Waals surface area contributed by atoms with Crippen LogP contribution in [0.25, 0.3) is 0 Å². The topological polar surface area (TPSA) is 132 Å². The van der Waals surface area contributed by atoms with Gasteiger partial charge in [0.15, 0.2) is 11.6 Å². The number of hydrogen-bond donors (Lipinski definition) is 0. The van der Waals surface area contributed by atoms with Crippen molar-refractivity contribution in [3.63, 3.8) is 0 Å². The summed E-state index contributed by atoms with van der Waals surface area (Å²) >= 11 is 0. The Hall–Kier alpha value is -3.60. The first-order valence-corrected chi connectivity index (χ1v) is 21.1. The summed E-state index contributed by atoms with van der Waals surface area (Å²) in [5.41, 5.74) is -0.325. The largest absolute Gasteiger partial charge is 0.451 e. The average molecular weight is 787 g/mol. The summed E-state index contributed by atoms with van der Waals surface area (Å²) in [6.07, 6.45) is 5.31. The summed E-state index contributed by atoms with van der Waals surface area (Å²) in [5, 5.41) is 0. The van der Waals surface area contributed by atoms with Gasteiger partial charge in [0.05, 0.1) is 11.8 Å². The van der Waals surface area contributed by atoms with Crippen molar-refractivity contribution < 1.29 is 31.9 Å². The van der Waals surface area contributed by atoms with Gasteiger partial charge >= 0.3 is 6.09 Å². The second kappa shape index (κ2) is 16.1. The summed E-state index contributed by atoms with van der Waals surface area (Å²) < 4.78 is 56.9. The van der Waals surface area contributed by atoms with Crippen molar-refractivity contribution in [3.8, 4) is 11.5 Å². The first-order chi connectivity index (χ1) is 25.9. The van der Waals surface area contributed by atoms with Crippen LogP contribution < -0.4 is 9.64 Å². The van der Waals surface area contributed by atoms with Crippen LogP contribution in [0.5, 0.6) is 11.5 Å². The third kappa shape index (κ3) is 9.18. The molecule has 0 radical (unpaired) electrons. The lowest BCUT2D eigenvalue weighted by atomic mass is 9.72. The van der Waals surface area contributed by atoms with E-state index in [1.807, 2.05) is 55.4 Å². The first kappa shape index (κ1) is 41.0. The minimum absolute atomic E-state index is 0.0821. The molecule has 0 bridgehead atoms. The SMILES string of the molecule is CC(C)N(C(=O)c1cc(F)ccc1Oc1cncnc1N1CC[C@@H](CN2CC3(CCN(S(=O)(=O)N4CCN(C(=O)OC(C)(C)C)C[C@@H]4C)CC3)C2)C1)C(C)C. The third-order valence-electron chi connectivity index (χ3n) is 11.2. The Morgan fingerprint density at radius 1 is 1.00 bits per heavy atom. The van der Waals surface area contributed by atoms with E-state index in [2.05, 4.69) is 19.8 Å². The number of amides is 2. The molecule has 2 aromatic rings. The second-order valence-corrected chi connectivity index (χ2v) is 19.3. The molecule has 304 valence electrons. The Morgan fingerprint density at radius 3 is 2.33 bits per heavy atom. The van der Waals surface area contributed by atoms with Gasteiger partial charge in [0, 0.05) is 83.6 Å². The van der Waals surface area contributed by atoms with Crippen molar-refractivity contribution in [2.75, 3.05) is 70.3 Å². The molecule has 4 fully saturated rings. The van der Waals surface area contributed by atoms with Crippen molar-refractivity contribution in [1.29, 1.82) is 0 Å². The maximum Gasteiger partial charge on any atom is 0.410 e. The number of anilines is 1. The number of piperazine rings is 1. The Kier molecular flexibility index (Phi) is 12.0. The van der Waals surface area contributed by atoms with Gasteiger partial charge in [0.1, 0.15) is 23.5 Å². The van der Waals surface area contributed by atoms with Crippen LogP contribution in [0, 0.1) is 17.2 Å². The average Bonchev–Trinajstić information content (AvgIpc) is 3.56. The van der Waals surface area contributed by atoms with Crippen LogP contribution in [0.3, 0.4) is 0 Å². The van der Waals surface area contributed by atoms with Gasteiger partial charge in [-0.3, -0.25) is 4.79 Å². The van der Waals surface area contributed by atoms with Gasteiger partial charge in [-0.25, -0.2) is 19.2 Å². The summed E-state index contributed by atoms with van der Waals surface area (Å²) in [6, 6.07) is 3.50. The zero-order valence-electron chi connectivity index (χ0n) is 33.7. The Balaban J connectivity index is 1.00. The fourth-order valence-corrected chi connectivity index (χ4v) is 10.5. The smallest absolute Gasteiger partial charge is 0.410 e. The van der Waals surface area contributed by atoms with E-state index in [9.17, 15) is 22.4 Å². The number of benzene rings is 1. The fourth-order valence-electron chi connectivity index (χ4n) is 8.70. The van der Waals surface area contributed by atoms with Crippen LogP contribution in [-0.2, 0) is 14.9 Å². The van der Waals surface area contributed by atoms with Gasteiger partial charge in [-0.05, 0) is 104 Å². The molecule has 1 spiro atoms. The number of ether oxygens (including phenoxy) is 2. The van der Waals surface area contributed by atoms with E-state index in [0.717, 1.165) is 52.0 Å². The Bertz CT molecular complexity index is 1800. The van der Waals surface area contributed by atoms with E-state index in [0.29, 0.717) is 43.7 Å². The summed E-state index contributed by atoms with van der Waals surface area (Å²) in [5.74, 6) is 0.899. The number of carbonyl (C=O) groups excluding carboxylic acids is 2. The molecule has 1 aromatic carbocycles. The zero-order chi connectivity index (χ0) is 39.9. The molecule has 2 amide bonds. The highest BCUT2D eigenvalue weighted by Crippen LogP contribution is 2.43. The van der Waals surface area contributed by atoms with E-state index >= 15 is 0 Å². The predicted octanol–water partition coefficient (Wildman–Crippen LogP) is 5.08. The monoisotopic (exact) mass is 786 g/mol. The molecule has 4 aliphatic heterocycles. The van der Waals surface area contributed by atoms with E-state index in [1.54, 1.807) is 24.6 Å². The lowest BCUT2D eigenvalue weighted by Crippen LogP contribution is -2.63. The molecule has 4 aliphatic rings. The summed E-state index contributed by atoms with van der Waals surface area (Å²) in [6.45, 7) is 21.3. The Morgan fingerprint density at radius 2 is 1.69 bits per heavy atom. The molecule has 6 rings (SSSR count). The lowest BCUT2D eigenvalue weighted by Gasteiger charge is -2.55. The van der Waals surface area contributed by atoms with Gasteiger partial charge < -0.3 is 29.1 Å². The number of likely N-dealkylation sites (tertiary alicyclic amines) is 1. The second-order valence-electron chi connectivity index (χ2n) is 17.4. The fraction of sp³-hybridized carbons (Fsp3) is 0.692. The number of piperidine rings is 1. The van der Waals surface area contributed by atoms with Crippen LogP contribution in [0.1, 0.15) is 85.0 Å². The van der Waals surface area contributed by atoms with Crippen LogP contribution >= 0.6 is 0 Å². The lowest BCUT2D eigenvalue weighted by molar-refractivity contribution is -0.0417.